The molecule has 0 aliphatic heterocycles. The van der Waals surface area contributed by atoms with E-state index in [4.69, 9.17) is 14.6 Å². The number of nitrogens with one attached hydrogen (secondary N) is 1. The number of esters is 2. The van der Waals surface area contributed by atoms with Gasteiger partial charge in [0.25, 0.3) is 0 Å². The minimum Gasteiger partial charge on any atom is -0.466 e. The Bertz CT molecular complexity index is 417. The molecule has 0 aliphatic rings. The van der Waals surface area contributed by atoms with Crippen molar-refractivity contribution in [3.63, 3.8) is 0 Å². The molecule has 0 aromatic carbocycles. The fraction of sp³-hybridized carbons (Fsp3) is 0.905. The Morgan fingerprint density at radius 2 is 1.53 bits per heavy atom. The largest absolute Gasteiger partial charge is 0.466 e. The van der Waals surface area contributed by atoms with E-state index in [9.17, 15) is 9.59 Å². The van der Waals surface area contributed by atoms with E-state index >= 15 is 0 Å². The summed E-state index contributed by atoms with van der Waals surface area (Å²) in [4.78, 5) is 25.6. The monoisotopic (exact) mass is 466 g/mol. The SMILES string of the molecule is CCCSSCCNCCC(=O)OCCCCOC(=O)CCN(CC)CCCCO. The van der Waals surface area contributed by atoms with Gasteiger partial charge in [-0.15, -0.1) is 0 Å². The molecule has 0 bridgehead atoms. The lowest BCUT2D eigenvalue weighted by atomic mass is 10.3. The molecule has 7 nitrogen and oxygen atoms in total. The van der Waals surface area contributed by atoms with Crippen LogP contribution >= 0.6 is 21.6 Å². The van der Waals surface area contributed by atoms with Crippen molar-refractivity contribution in [2.24, 2.45) is 0 Å². The Hall–Kier alpha value is -0.480. The molecule has 0 unspecified atom stereocenters. The van der Waals surface area contributed by atoms with Gasteiger partial charge in [-0.1, -0.05) is 35.4 Å². The van der Waals surface area contributed by atoms with Crippen molar-refractivity contribution in [3.8, 4) is 0 Å². The maximum Gasteiger partial charge on any atom is 0.307 e. The van der Waals surface area contributed by atoms with Gasteiger partial charge >= 0.3 is 11.9 Å². The molecular weight excluding hydrogens is 424 g/mol. The molecule has 0 aromatic heterocycles. The van der Waals surface area contributed by atoms with Gasteiger partial charge in [-0.25, -0.2) is 0 Å². The Kier molecular flexibility index (Phi) is 22.8. The number of hydrogen-bond acceptors (Lipinski definition) is 9. The average molecular weight is 467 g/mol. The van der Waals surface area contributed by atoms with Crippen LogP contribution in [0.25, 0.3) is 0 Å². The van der Waals surface area contributed by atoms with Crippen LogP contribution in [0.4, 0.5) is 0 Å². The minimum atomic E-state index is -0.190. The third-order valence-electron chi connectivity index (χ3n) is 4.27. The minimum absolute atomic E-state index is 0.187. The van der Waals surface area contributed by atoms with Crippen molar-refractivity contribution >= 4 is 33.5 Å². The molecule has 2 N–H and O–H groups in total. The Balaban J connectivity index is 3.46. The molecular formula is C21H42N2O5S2. The lowest BCUT2D eigenvalue weighted by Crippen LogP contribution is -2.28. The van der Waals surface area contributed by atoms with E-state index in [1.54, 1.807) is 0 Å². The van der Waals surface area contributed by atoms with E-state index in [0.29, 0.717) is 52.0 Å². The maximum absolute atomic E-state index is 11.8. The van der Waals surface area contributed by atoms with Crippen molar-refractivity contribution < 1.29 is 24.2 Å². The third kappa shape index (κ3) is 20.8. The smallest absolute Gasteiger partial charge is 0.307 e. The zero-order valence-electron chi connectivity index (χ0n) is 18.9. The highest BCUT2D eigenvalue weighted by atomic mass is 33.1. The van der Waals surface area contributed by atoms with Crippen molar-refractivity contribution in [1.29, 1.82) is 0 Å². The summed E-state index contributed by atoms with van der Waals surface area (Å²) in [6.45, 7) is 9.19. The number of unbranched alkanes of at least 4 members (excludes halogenated alkanes) is 2. The first-order valence-corrected chi connectivity index (χ1v) is 13.7. The molecule has 30 heavy (non-hydrogen) atoms. The molecule has 0 radical (unpaired) electrons. The first kappa shape index (κ1) is 29.5. The van der Waals surface area contributed by atoms with Gasteiger partial charge in [-0.05, 0) is 45.2 Å². The van der Waals surface area contributed by atoms with Crippen LogP contribution in [0, 0.1) is 0 Å². The summed E-state index contributed by atoms with van der Waals surface area (Å²) >= 11 is 0. The van der Waals surface area contributed by atoms with Crippen LogP contribution in [-0.4, -0.2) is 86.0 Å². The van der Waals surface area contributed by atoms with Crippen molar-refractivity contribution in [3.05, 3.63) is 0 Å². The molecule has 0 aliphatic carbocycles. The van der Waals surface area contributed by atoms with Gasteiger partial charge in [0, 0.05) is 37.7 Å². The highest BCUT2D eigenvalue weighted by molar-refractivity contribution is 8.76. The molecule has 9 heteroatoms. The summed E-state index contributed by atoms with van der Waals surface area (Å²) in [5.41, 5.74) is 0. The summed E-state index contributed by atoms with van der Waals surface area (Å²) in [6, 6.07) is 0. The van der Waals surface area contributed by atoms with Gasteiger partial charge in [-0.2, -0.15) is 0 Å². The van der Waals surface area contributed by atoms with E-state index in [2.05, 4.69) is 24.1 Å². The van der Waals surface area contributed by atoms with Crippen LogP contribution in [0.1, 0.15) is 58.8 Å². The third-order valence-corrected chi connectivity index (χ3v) is 6.88. The number of carbonyl (C=O) groups is 2. The second-order valence-corrected chi connectivity index (χ2v) is 9.61. The van der Waals surface area contributed by atoms with Crippen LogP contribution in [0.5, 0.6) is 0 Å². The fourth-order valence-corrected chi connectivity index (χ4v) is 4.56. The standard InChI is InChI=1S/C21H42N2O5S2/c1-3-18-29-30-19-12-22-11-9-20(25)27-16-7-8-17-28-21(26)10-14-23(4-2)13-5-6-15-24/h22,24H,3-19H2,1-2H3. The number of ether oxygens (including phenoxy) is 2. The second kappa shape index (κ2) is 23.2. The zero-order chi connectivity index (χ0) is 22.3. The predicted molar refractivity (Wildman–Crippen MR) is 127 cm³/mol. The Morgan fingerprint density at radius 1 is 0.867 bits per heavy atom. The summed E-state index contributed by atoms with van der Waals surface area (Å²) in [6.07, 6.45) is 5.07. The van der Waals surface area contributed by atoms with Gasteiger partial charge in [0.15, 0.2) is 0 Å². The molecule has 0 fully saturated rings. The van der Waals surface area contributed by atoms with Crippen LogP contribution in [0.2, 0.25) is 0 Å². The lowest BCUT2D eigenvalue weighted by molar-refractivity contribution is -0.146. The summed E-state index contributed by atoms with van der Waals surface area (Å²) in [5, 5.41) is 12.1. The second-order valence-electron chi connectivity index (χ2n) is 6.91. The quantitative estimate of drug-likeness (QED) is 0.142. The number of aliphatic hydroxyl groups excluding tert-OH is 1. The van der Waals surface area contributed by atoms with Gasteiger partial charge in [0.2, 0.25) is 0 Å². The van der Waals surface area contributed by atoms with Crippen LogP contribution in [-0.2, 0) is 19.1 Å². The van der Waals surface area contributed by atoms with Gasteiger partial charge in [-0.3, -0.25) is 9.59 Å². The normalized spacial score (nSPS) is 11.1. The first-order valence-electron chi connectivity index (χ1n) is 11.2. The number of rotatable bonds is 22. The van der Waals surface area contributed by atoms with E-state index in [0.717, 1.165) is 38.2 Å². The average Bonchev–Trinajstić information content (AvgIpc) is 2.74. The molecule has 0 aromatic rings. The summed E-state index contributed by atoms with van der Waals surface area (Å²) < 4.78 is 10.4. The van der Waals surface area contributed by atoms with Crippen molar-refractivity contribution in [1.82, 2.24) is 10.2 Å². The molecule has 178 valence electrons. The summed E-state index contributed by atoms with van der Waals surface area (Å²) in [7, 11) is 3.75. The molecule has 0 spiro atoms. The highest BCUT2D eigenvalue weighted by Crippen LogP contribution is 2.20. The maximum atomic E-state index is 11.8. The van der Waals surface area contributed by atoms with Crippen molar-refractivity contribution in [2.75, 3.05) is 64.1 Å². The van der Waals surface area contributed by atoms with Gasteiger partial charge in [0.05, 0.1) is 26.1 Å². The molecule has 0 saturated carbocycles. The Morgan fingerprint density at radius 3 is 2.17 bits per heavy atom. The van der Waals surface area contributed by atoms with Crippen LogP contribution < -0.4 is 5.32 Å². The Labute approximate surface area is 190 Å². The van der Waals surface area contributed by atoms with Crippen molar-refractivity contribution in [2.45, 2.75) is 58.8 Å². The number of hydrogen-bond donors (Lipinski definition) is 2. The lowest BCUT2D eigenvalue weighted by Gasteiger charge is -2.19. The van der Waals surface area contributed by atoms with Crippen LogP contribution in [0.15, 0.2) is 0 Å². The van der Waals surface area contributed by atoms with E-state index in [1.807, 2.05) is 21.6 Å². The zero-order valence-corrected chi connectivity index (χ0v) is 20.5. The topological polar surface area (TPSA) is 88.1 Å². The number of aliphatic hydroxyl groups is 1. The summed E-state index contributed by atoms with van der Waals surface area (Å²) in [5.74, 6) is 1.84. The van der Waals surface area contributed by atoms with Gasteiger partial charge < -0.3 is 24.8 Å². The van der Waals surface area contributed by atoms with E-state index in [-0.39, 0.29) is 18.5 Å². The van der Waals surface area contributed by atoms with E-state index < -0.39 is 0 Å². The molecule has 0 saturated heterocycles. The fourth-order valence-electron chi connectivity index (χ4n) is 2.48. The highest BCUT2D eigenvalue weighted by Gasteiger charge is 2.08. The molecule has 0 atom stereocenters. The molecule has 0 rings (SSSR count). The van der Waals surface area contributed by atoms with E-state index in [1.165, 1.54) is 12.2 Å². The number of nitrogens with zero attached hydrogens (tertiary/aromatic N) is 1. The predicted octanol–water partition coefficient (Wildman–Crippen LogP) is 3.11. The van der Waals surface area contributed by atoms with Gasteiger partial charge in [0.1, 0.15) is 0 Å². The molecule has 0 heterocycles. The first-order chi connectivity index (χ1) is 14.6. The van der Waals surface area contributed by atoms with Crippen LogP contribution in [0.3, 0.4) is 0 Å². The molecule has 0 amide bonds. The number of carbonyl (C=O) groups excluding carboxylic acids is 2.